The average molecular weight is 360 g/mol. The topological polar surface area (TPSA) is 89.9 Å². The van der Waals surface area contributed by atoms with Crippen LogP contribution >= 0.6 is 0 Å². The number of carbonyl (C=O) groups is 3. The number of aldehydes is 1. The molecule has 1 aliphatic carbocycles. The Hall–Kier alpha value is -2.47. The van der Waals surface area contributed by atoms with Crippen molar-refractivity contribution in [1.82, 2.24) is 0 Å². The fourth-order valence-corrected chi connectivity index (χ4v) is 3.82. The zero-order chi connectivity index (χ0) is 19.8. The third-order valence-electron chi connectivity index (χ3n) is 5.53. The Morgan fingerprint density at radius 2 is 2.04 bits per heavy atom. The summed E-state index contributed by atoms with van der Waals surface area (Å²) in [7, 11) is 0. The number of esters is 2. The van der Waals surface area contributed by atoms with Gasteiger partial charge in [-0.05, 0) is 19.4 Å². The van der Waals surface area contributed by atoms with Crippen LogP contribution in [0.2, 0.25) is 0 Å². The van der Waals surface area contributed by atoms with E-state index in [1.165, 1.54) is 6.08 Å². The van der Waals surface area contributed by atoms with Crippen molar-refractivity contribution in [2.45, 2.75) is 39.1 Å². The summed E-state index contributed by atoms with van der Waals surface area (Å²) in [5, 5.41) is 10.9. The van der Waals surface area contributed by atoms with Gasteiger partial charge in [-0.25, -0.2) is 9.59 Å². The van der Waals surface area contributed by atoms with Crippen LogP contribution in [0.4, 0.5) is 0 Å². The number of aliphatic hydroxyl groups excluding tert-OH is 1. The molecule has 1 aliphatic heterocycles. The van der Waals surface area contributed by atoms with Crippen molar-refractivity contribution in [3.8, 4) is 0 Å². The first-order valence-corrected chi connectivity index (χ1v) is 8.33. The second-order valence-corrected chi connectivity index (χ2v) is 6.95. The van der Waals surface area contributed by atoms with Crippen molar-refractivity contribution in [3.63, 3.8) is 0 Å². The Balaban J connectivity index is 2.59. The van der Waals surface area contributed by atoms with Crippen molar-refractivity contribution in [1.29, 1.82) is 0 Å². The van der Waals surface area contributed by atoms with Crippen LogP contribution in [-0.4, -0.2) is 41.6 Å². The minimum Gasteiger partial charge on any atom is -0.454 e. The molecular weight excluding hydrogens is 336 g/mol. The van der Waals surface area contributed by atoms with Crippen molar-refractivity contribution < 1.29 is 29.0 Å². The van der Waals surface area contributed by atoms with Gasteiger partial charge in [0, 0.05) is 22.5 Å². The molecule has 2 fully saturated rings. The predicted octanol–water partition coefficient (Wildman–Crippen LogP) is 1.90. The smallest absolute Gasteiger partial charge is 0.334 e. The van der Waals surface area contributed by atoms with E-state index in [9.17, 15) is 19.5 Å². The molecule has 0 aromatic carbocycles. The molecule has 0 amide bonds. The summed E-state index contributed by atoms with van der Waals surface area (Å²) in [4.78, 5) is 35.8. The fourth-order valence-electron chi connectivity index (χ4n) is 3.82. The summed E-state index contributed by atoms with van der Waals surface area (Å²) in [6, 6.07) is 0. The predicted molar refractivity (Wildman–Crippen MR) is 94.8 cm³/mol. The van der Waals surface area contributed by atoms with E-state index < -0.39 is 47.5 Å². The number of hydrogen-bond donors (Lipinski definition) is 1. The molecule has 26 heavy (non-hydrogen) atoms. The first kappa shape index (κ1) is 19.8. The number of ether oxygens (including phenoxy) is 2. The zero-order valence-corrected chi connectivity index (χ0v) is 15.2. The number of allylic oxidation sites excluding steroid dienone is 1. The van der Waals surface area contributed by atoms with Crippen molar-refractivity contribution in [2.75, 3.05) is 0 Å². The Bertz CT molecular complexity index is 718. The van der Waals surface area contributed by atoms with Gasteiger partial charge in [0.25, 0.3) is 0 Å². The molecule has 1 saturated heterocycles. The summed E-state index contributed by atoms with van der Waals surface area (Å²) in [5.41, 5.74) is -0.490. The van der Waals surface area contributed by atoms with Crippen molar-refractivity contribution in [3.05, 3.63) is 48.6 Å². The zero-order valence-electron chi connectivity index (χ0n) is 15.2. The van der Waals surface area contributed by atoms with E-state index in [-0.39, 0.29) is 11.1 Å². The number of aliphatic hydroxyl groups is 1. The lowest BCUT2D eigenvalue weighted by Crippen LogP contribution is -2.60. The Morgan fingerprint density at radius 3 is 2.54 bits per heavy atom. The molecule has 2 aliphatic rings. The first-order chi connectivity index (χ1) is 12.1. The standard InChI is InChI=1S/C20H24O6/c1-7-10(3)18(23)26-17-16-13(12(5)19(24)25-16)15(22)14(11(4)9-21)20(17,6)8-2/h7-9,13-17,22H,2,4-5H2,1,3,6H3/b10-7-/t13-,14+,15+,16+,17+,20-/m0/s1. The average Bonchev–Trinajstić information content (AvgIpc) is 2.92. The van der Waals surface area contributed by atoms with Crippen LogP contribution < -0.4 is 0 Å². The van der Waals surface area contributed by atoms with E-state index in [1.807, 2.05) is 0 Å². The maximum atomic E-state index is 12.4. The molecule has 0 aromatic heterocycles. The van der Waals surface area contributed by atoms with E-state index in [2.05, 4.69) is 19.7 Å². The maximum absolute atomic E-state index is 12.4. The third-order valence-corrected chi connectivity index (χ3v) is 5.53. The number of hydrogen-bond acceptors (Lipinski definition) is 6. The summed E-state index contributed by atoms with van der Waals surface area (Å²) >= 11 is 0. The highest BCUT2D eigenvalue weighted by Crippen LogP contribution is 2.53. The Labute approximate surface area is 152 Å². The Kier molecular flexibility index (Phi) is 5.37. The normalized spacial score (nSPS) is 36.8. The van der Waals surface area contributed by atoms with Crippen molar-refractivity contribution in [2.24, 2.45) is 17.3 Å². The van der Waals surface area contributed by atoms with Gasteiger partial charge in [0.1, 0.15) is 18.5 Å². The van der Waals surface area contributed by atoms with Gasteiger partial charge in [0.15, 0.2) is 0 Å². The maximum Gasteiger partial charge on any atom is 0.334 e. The molecule has 6 atom stereocenters. The van der Waals surface area contributed by atoms with Crippen molar-refractivity contribution >= 4 is 18.2 Å². The fraction of sp³-hybridized carbons (Fsp3) is 0.450. The number of fused-ring (bicyclic) bond motifs is 1. The molecule has 2 rings (SSSR count). The molecule has 1 N–H and O–H groups in total. The molecule has 0 bridgehead atoms. The van der Waals surface area contributed by atoms with Gasteiger partial charge in [0.05, 0.1) is 12.0 Å². The van der Waals surface area contributed by atoms with Gasteiger partial charge < -0.3 is 14.6 Å². The van der Waals surface area contributed by atoms with Crippen LogP contribution in [0, 0.1) is 17.3 Å². The molecule has 140 valence electrons. The van der Waals surface area contributed by atoms with Crippen LogP contribution in [0.15, 0.2) is 48.6 Å². The van der Waals surface area contributed by atoms with Crippen LogP contribution in [0.3, 0.4) is 0 Å². The van der Waals surface area contributed by atoms with E-state index in [0.717, 1.165) is 0 Å². The molecule has 1 heterocycles. The van der Waals surface area contributed by atoms with Crippen LogP contribution in [0.5, 0.6) is 0 Å². The molecule has 0 spiro atoms. The highest BCUT2D eigenvalue weighted by molar-refractivity contribution is 5.92. The quantitative estimate of drug-likeness (QED) is 0.349. The summed E-state index contributed by atoms with van der Waals surface area (Å²) in [5.74, 6) is -2.86. The molecule has 6 nitrogen and oxygen atoms in total. The van der Waals surface area contributed by atoms with Gasteiger partial charge in [-0.15, -0.1) is 6.58 Å². The molecular formula is C20H24O6. The van der Waals surface area contributed by atoms with Gasteiger partial charge >= 0.3 is 11.9 Å². The van der Waals surface area contributed by atoms with Gasteiger partial charge in [-0.3, -0.25) is 4.79 Å². The number of rotatable bonds is 5. The van der Waals surface area contributed by atoms with Crippen LogP contribution in [0.25, 0.3) is 0 Å². The molecule has 0 radical (unpaired) electrons. The van der Waals surface area contributed by atoms with E-state index >= 15 is 0 Å². The lowest BCUT2D eigenvalue weighted by molar-refractivity contribution is -0.189. The van der Waals surface area contributed by atoms with Gasteiger partial charge in [-0.1, -0.05) is 32.2 Å². The first-order valence-electron chi connectivity index (χ1n) is 8.33. The lowest BCUT2D eigenvalue weighted by atomic mass is 9.57. The van der Waals surface area contributed by atoms with E-state index in [4.69, 9.17) is 9.47 Å². The van der Waals surface area contributed by atoms with E-state index in [0.29, 0.717) is 11.9 Å². The second-order valence-electron chi connectivity index (χ2n) is 6.95. The number of carbonyl (C=O) groups excluding carboxylic acids is 3. The minimum absolute atomic E-state index is 0.0844. The van der Waals surface area contributed by atoms with Crippen LogP contribution in [-0.2, 0) is 23.9 Å². The summed E-state index contributed by atoms with van der Waals surface area (Å²) in [6.07, 6.45) is 0.621. The monoisotopic (exact) mass is 360 g/mol. The highest BCUT2D eigenvalue weighted by Gasteiger charge is 2.63. The molecule has 0 unspecified atom stereocenters. The SMILES string of the molecule is C=C[C@]1(C)[C@H](OC(=O)/C(C)=C\C)[C@@H]2OC(=O)C(=C)[C@H]2[C@@H](O)[C@H]1C(=C)C=O. The summed E-state index contributed by atoms with van der Waals surface area (Å²) < 4.78 is 11.0. The Morgan fingerprint density at radius 1 is 1.42 bits per heavy atom. The van der Waals surface area contributed by atoms with E-state index in [1.54, 1.807) is 26.8 Å². The largest absolute Gasteiger partial charge is 0.454 e. The van der Waals surface area contributed by atoms with Crippen LogP contribution in [0.1, 0.15) is 20.8 Å². The lowest BCUT2D eigenvalue weighted by Gasteiger charge is -2.51. The minimum atomic E-state index is -1.16. The summed E-state index contributed by atoms with van der Waals surface area (Å²) in [6.45, 7) is 16.2. The molecule has 1 saturated carbocycles. The third kappa shape index (κ3) is 2.84. The molecule has 6 heteroatoms. The van der Waals surface area contributed by atoms with Gasteiger partial charge in [-0.2, -0.15) is 0 Å². The van der Waals surface area contributed by atoms with Gasteiger partial charge in [0.2, 0.25) is 0 Å². The highest BCUT2D eigenvalue weighted by atomic mass is 16.6. The molecule has 0 aromatic rings. The second kappa shape index (κ2) is 7.03.